The van der Waals surface area contributed by atoms with Gasteiger partial charge in [-0.15, -0.1) is 48.6 Å². The van der Waals surface area contributed by atoms with Crippen LogP contribution in [0.2, 0.25) is 0 Å². The van der Waals surface area contributed by atoms with E-state index >= 15 is 0 Å². The second-order valence-electron chi connectivity index (χ2n) is 6.87. The van der Waals surface area contributed by atoms with Crippen LogP contribution in [0, 0.1) is 6.92 Å². The van der Waals surface area contributed by atoms with Gasteiger partial charge in [-0.1, -0.05) is 24.3 Å². The van der Waals surface area contributed by atoms with E-state index in [1.165, 1.54) is 11.1 Å². The van der Waals surface area contributed by atoms with Gasteiger partial charge in [0, 0.05) is 44.6 Å². The number of halogens is 3. The van der Waals surface area contributed by atoms with Gasteiger partial charge in [-0.2, -0.15) is 0 Å². The molecule has 1 atom stereocenters. The zero-order valence-electron chi connectivity index (χ0n) is 15.8. The molecule has 3 heterocycles. The summed E-state index contributed by atoms with van der Waals surface area (Å²) >= 11 is 1.70. The van der Waals surface area contributed by atoms with Crippen LogP contribution in [0.5, 0.6) is 0 Å². The highest BCUT2D eigenvalue weighted by Gasteiger charge is 2.30. The first-order valence-corrected chi connectivity index (χ1v) is 9.79. The van der Waals surface area contributed by atoms with Gasteiger partial charge in [-0.3, -0.25) is 9.69 Å². The molecule has 1 amide bonds. The zero-order chi connectivity index (χ0) is 17.2. The molecule has 0 saturated carbocycles. The maximum absolute atomic E-state index is 12.9. The van der Waals surface area contributed by atoms with Crippen LogP contribution in [0.25, 0.3) is 0 Å². The molecule has 1 saturated heterocycles. The smallest absolute Gasteiger partial charge is 0.240 e. The Morgan fingerprint density at radius 2 is 1.82 bits per heavy atom. The molecule has 5 nitrogen and oxygen atoms in total. The number of hydrogen-bond donors (Lipinski definition) is 1. The fourth-order valence-corrected chi connectivity index (χ4v) is 4.29. The van der Waals surface area contributed by atoms with Crippen molar-refractivity contribution in [2.75, 3.05) is 26.2 Å². The lowest BCUT2D eigenvalue weighted by Crippen LogP contribution is -2.55. The molecule has 9 heteroatoms. The molecule has 1 aromatic heterocycles. The van der Waals surface area contributed by atoms with Gasteiger partial charge in [0.05, 0.1) is 16.7 Å². The van der Waals surface area contributed by atoms with E-state index in [0.717, 1.165) is 56.4 Å². The first-order valence-electron chi connectivity index (χ1n) is 8.91. The summed E-state index contributed by atoms with van der Waals surface area (Å²) < 4.78 is 0. The molecule has 4 rings (SSSR count). The Kier molecular flexibility index (Phi) is 10.2. The van der Waals surface area contributed by atoms with Crippen LogP contribution in [0.1, 0.15) is 21.8 Å². The number of carbonyl (C=O) groups is 1. The number of carbonyl (C=O) groups excluding carboxylic acids is 1. The van der Waals surface area contributed by atoms with Gasteiger partial charge in [0.15, 0.2) is 0 Å². The van der Waals surface area contributed by atoms with Crippen molar-refractivity contribution in [1.29, 1.82) is 0 Å². The van der Waals surface area contributed by atoms with Crippen LogP contribution >= 0.6 is 48.6 Å². The number of aromatic nitrogens is 1. The zero-order valence-corrected chi connectivity index (χ0v) is 19.1. The van der Waals surface area contributed by atoms with Crippen LogP contribution < -0.4 is 5.32 Å². The summed E-state index contributed by atoms with van der Waals surface area (Å²) in [6.07, 6.45) is 0.799. The second-order valence-corrected chi connectivity index (χ2v) is 7.93. The van der Waals surface area contributed by atoms with Crippen LogP contribution in [0.3, 0.4) is 0 Å². The predicted octanol–water partition coefficient (Wildman–Crippen LogP) is 3.08. The minimum Gasteiger partial charge on any atom is -0.339 e. The summed E-state index contributed by atoms with van der Waals surface area (Å²) in [7, 11) is 0. The van der Waals surface area contributed by atoms with Crippen molar-refractivity contribution in [3.63, 3.8) is 0 Å². The lowest BCUT2D eigenvalue weighted by molar-refractivity contribution is -0.135. The summed E-state index contributed by atoms with van der Waals surface area (Å²) in [4.78, 5) is 21.8. The summed E-state index contributed by atoms with van der Waals surface area (Å²) in [6, 6.07) is 8.32. The Balaban J connectivity index is 0.00000131. The van der Waals surface area contributed by atoms with E-state index < -0.39 is 0 Å². The van der Waals surface area contributed by atoms with Crippen LogP contribution in [0.15, 0.2) is 29.6 Å². The van der Waals surface area contributed by atoms with Gasteiger partial charge in [0.25, 0.3) is 0 Å². The Bertz CT molecular complexity index is 765. The molecule has 2 aliphatic rings. The minimum atomic E-state index is -0.0809. The molecule has 0 spiro atoms. The average Bonchev–Trinajstić information content (AvgIpc) is 3.06. The van der Waals surface area contributed by atoms with Crippen LogP contribution in [-0.4, -0.2) is 52.9 Å². The SMILES string of the molecule is Cc1nc(CN2CCN(C(=O)C3Cc4ccccc4CN3)CC2)cs1.Cl.Cl.Cl. The van der Waals surface area contributed by atoms with E-state index in [-0.39, 0.29) is 49.2 Å². The highest BCUT2D eigenvalue weighted by Crippen LogP contribution is 2.18. The molecule has 0 bridgehead atoms. The quantitative estimate of drug-likeness (QED) is 0.757. The summed E-state index contributed by atoms with van der Waals surface area (Å²) in [5, 5.41) is 6.67. The summed E-state index contributed by atoms with van der Waals surface area (Å²) in [5.74, 6) is 0.249. The largest absolute Gasteiger partial charge is 0.339 e. The Morgan fingerprint density at radius 3 is 2.46 bits per heavy atom. The number of amides is 1. The highest BCUT2D eigenvalue weighted by molar-refractivity contribution is 7.09. The maximum Gasteiger partial charge on any atom is 0.240 e. The topological polar surface area (TPSA) is 48.5 Å². The van der Waals surface area contributed by atoms with Gasteiger partial charge in [0.1, 0.15) is 0 Å². The molecule has 2 aromatic rings. The predicted molar refractivity (Wildman–Crippen MR) is 121 cm³/mol. The number of piperazine rings is 1. The van der Waals surface area contributed by atoms with Crippen molar-refractivity contribution in [3.8, 4) is 0 Å². The number of aryl methyl sites for hydroxylation is 1. The first-order chi connectivity index (χ1) is 12.2. The van der Waals surface area contributed by atoms with E-state index in [1.54, 1.807) is 11.3 Å². The molecule has 0 radical (unpaired) electrons. The Morgan fingerprint density at radius 1 is 1.14 bits per heavy atom. The molecule has 1 aromatic carbocycles. The standard InChI is InChI=1S/C19H24N4OS.3ClH/c1-14-21-17(13-25-14)12-22-6-8-23(9-7-22)19(24)18-10-15-4-2-3-5-16(15)11-20-18;;;/h2-5,13,18,20H,6-12H2,1H3;3*1H. The van der Waals surface area contributed by atoms with Gasteiger partial charge in [-0.25, -0.2) is 4.98 Å². The van der Waals surface area contributed by atoms with Crippen molar-refractivity contribution in [3.05, 3.63) is 51.5 Å². The number of thiazole rings is 1. The average molecular weight is 466 g/mol. The Hall–Kier alpha value is -0.890. The lowest BCUT2D eigenvalue weighted by atomic mass is 9.95. The molecule has 1 fully saturated rings. The van der Waals surface area contributed by atoms with Crippen molar-refractivity contribution >= 4 is 54.5 Å². The van der Waals surface area contributed by atoms with E-state index in [9.17, 15) is 4.79 Å². The van der Waals surface area contributed by atoms with E-state index in [4.69, 9.17) is 0 Å². The molecule has 156 valence electrons. The fourth-order valence-electron chi connectivity index (χ4n) is 3.69. The van der Waals surface area contributed by atoms with Crippen molar-refractivity contribution in [1.82, 2.24) is 20.1 Å². The first kappa shape index (κ1) is 25.1. The van der Waals surface area contributed by atoms with Gasteiger partial charge in [0.2, 0.25) is 5.91 Å². The monoisotopic (exact) mass is 464 g/mol. The maximum atomic E-state index is 12.9. The second kappa shape index (κ2) is 11.3. The normalized spacial score (nSPS) is 18.9. The van der Waals surface area contributed by atoms with Crippen LogP contribution in [-0.2, 0) is 24.3 Å². The summed E-state index contributed by atoms with van der Waals surface area (Å²) in [5.41, 5.74) is 3.76. The van der Waals surface area contributed by atoms with Crippen molar-refractivity contribution in [2.24, 2.45) is 0 Å². The van der Waals surface area contributed by atoms with E-state index in [1.807, 2.05) is 11.8 Å². The number of nitrogens with zero attached hydrogens (tertiary/aromatic N) is 3. The fraction of sp³-hybridized carbons (Fsp3) is 0.474. The van der Waals surface area contributed by atoms with Crippen molar-refractivity contribution in [2.45, 2.75) is 32.5 Å². The molecule has 28 heavy (non-hydrogen) atoms. The van der Waals surface area contributed by atoms with E-state index in [0.29, 0.717) is 0 Å². The van der Waals surface area contributed by atoms with Gasteiger partial charge < -0.3 is 10.2 Å². The number of rotatable bonds is 3. The van der Waals surface area contributed by atoms with Crippen LogP contribution in [0.4, 0.5) is 0 Å². The third-order valence-corrected chi connectivity index (χ3v) is 5.94. The molecule has 2 aliphatic heterocycles. The van der Waals surface area contributed by atoms with Gasteiger partial charge in [-0.05, 0) is 24.5 Å². The number of benzene rings is 1. The third-order valence-electron chi connectivity index (χ3n) is 5.12. The van der Waals surface area contributed by atoms with Gasteiger partial charge >= 0.3 is 0 Å². The molecular formula is C19H27Cl3N4OS. The minimum absolute atomic E-state index is 0. The van der Waals surface area contributed by atoms with Crippen molar-refractivity contribution < 1.29 is 4.79 Å². The Labute approximate surface area is 189 Å². The molecular weight excluding hydrogens is 439 g/mol. The highest BCUT2D eigenvalue weighted by atomic mass is 35.5. The number of fused-ring (bicyclic) bond motifs is 1. The number of nitrogens with one attached hydrogen (secondary N) is 1. The molecule has 1 unspecified atom stereocenters. The lowest BCUT2D eigenvalue weighted by Gasteiger charge is -2.37. The molecule has 0 aliphatic carbocycles. The molecule has 1 N–H and O–H groups in total. The van der Waals surface area contributed by atoms with E-state index in [2.05, 4.69) is 44.8 Å². The summed E-state index contributed by atoms with van der Waals surface area (Å²) in [6.45, 7) is 7.18. The third kappa shape index (κ3) is 5.81. The number of hydrogen-bond acceptors (Lipinski definition) is 5.